The maximum Gasteiger partial charge on any atom is 0.230 e. The van der Waals surface area contributed by atoms with E-state index in [4.69, 9.17) is 4.74 Å². The fourth-order valence-corrected chi connectivity index (χ4v) is 3.74. The van der Waals surface area contributed by atoms with Crippen LogP contribution in [0.2, 0.25) is 0 Å². The number of carbonyl (C=O) groups is 1. The van der Waals surface area contributed by atoms with Crippen molar-refractivity contribution in [2.24, 2.45) is 16.3 Å². The molecule has 0 bridgehead atoms. The number of amides is 1. The number of rotatable bonds is 8. The molecule has 0 radical (unpaired) electrons. The Balaban J connectivity index is 0.00000300. The number of guanidine groups is 1. The Bertz CT molecular complexity index is 683. The minimum atomic E-state index is -0.316. The molecule has 2 fully saturated rings. The highest BCUT2D eigenvalue weighted by Gasteiger charge is 2.42. The molecule has 29 heavy (non-hydrogen) atoms. The lowest BCUT2D eigenvalue weighted by atomic mass is 9.84. The second-order valence-electron chi connectivity index (χ2n) is 8.23. The molecule has 0 spiro atoms. The van der Waals surface area contributed by atoms with Crippen LogP contribution in [-0.4, -0.2) is 56.0 Å². The number of aromatic nitrogens is 1. The number of hydrogen-bond donors (Lipinski definition) is 2. The number of pyridine rings is 1. The van der Waals surface area contributed by atoms with Crippen molar-refractivity contribution in [2.75, 3.05) is 34.3 Å². The van der Waals surface area contributed by atoms with E-state index in [2.05, 4.69) is 20.6 Å². The van der Waals surface area contributed by atoms with Crippen molar-refractivity contribution >= 4 is 35.8 Å². The summed E-state index contributed by atoms with van der Waals surface area (Å²) in [4.78, 5) is 23.1. The number of nitrogens with one attached hydrogen (secondary N) is 2. The van der Waals surface area contributed by atoms with Gasteiger partial charge in [-0.3, -0.25) is 9.79 Å². The van der Waals surface area contributed by atoms with E-state index in [0.29, 0.717) is 24.9 Å². The molecule has 1 aromatic rings. The van der Waals surface area contributed by atoms with E-state index in [-0.39, 0.29) is 35.3 Å². The van der Waals surface area contributed by atoms with Crippen molar-refractivity contribution in [3.63, 3.8) is 0 Å². The lowest BCUT2D eigenvalue weighted by molar-refractivity contribution is -0.138. The molecule has 8 heteroatoms. The summed E-state index contributed by atoms with van der Waals surface area (Å²) in [7, 11) is 5.42. The highest BCUT2D eigenvalue weighted by molar-refractivity contribution is 14.0. The number of ether oxygens (including phenoxy) is 1. The molecule has 162 valence electrons. The molecule has 7 nitrogen and oxygen atoms in total. The zero-order valence-corrected chi connectivity index (χ0v) is 20.1. The maximum atomic E-state index is 12.7. The Hall–Kier alpha value is -1.58. The first-order chi connectivity index (χ1) is 13.5. The Morgan fingerprint density at radius 2 is 2.00 bits per heavy atom. The number of carbonyl (C=O) groups excluding carboxylic acids is 1. The van der Waals surface area contributed by atoms with Crippen molar-refractivity contribution in [3.05, 3.63) is 23.9 Å². The Morgan fingerprint density at radius 1 is 1.28 bits per heavy atom. The summed E-state index contributed by atoms with van der Waals surface area (Å²) in [5, 5.41) is 6.66. The molecule has 1 heterocycles. The van der Waals surface area contributed by atoms with Gasteiger partial charge in [-0.15, -0.1) is 24.0 Å². The lowest BCUT2D eigenvalue weighted by Gasteiger charge is -2.31. The van der Waals surface area contributed by atoms with Crippen molar-refractivity contribution in [1.82, 2.24) is 20.5 Å². The Morgan fingerprint density at radius 3 is 2.55 bits per heavy atom. The van der Waals surface area contributed by atoms with Crippen molar-refractivity contribution in [3.8, 4) is 5.88 Å². The summed E-state index contributed by atoms with van der Waals surface area (Å²) in [6.07, 6.45) is 8.45. The molecule has 2 aliphatic rings. The molecule has 0 saturated heterocycles. The van der Waals surface area contributed by atoms with E-state index in [0.717, 1.165) is 43.8 Å². The molecule has 2 N–H and O–H groups in total. The van der Waals surface area contributed by atoms with Gasteiger partial charge in [0.15, 0.2) is 5.96 Å². The Labute approximate surface area is 191 Å². The van der Waals surface area contributed by atoms with Gasteiger partial charge in [-0.1, -0.05) is 18.9 Å². The van der Waals surface area contributed by atoms with Crippen LogP contribution in [0.3, 0.4) is 0 Å². The monoisotopic (exact) mass is 515 g/mol. The van der Waals surface area contributed by atoms with E-state index in [9.17, 15) is 4.79 Å². The second kappa shape index (κ2) is 11.0. The fourth-order valence-electron chi connectivity index (χ4n) is 3.74. The van der Waals surface area contributed by atoms with Crippen LogP contribution < -0.4 is 15.4 Å². The average molecular weight is 515 g/mol. The summed E-state index contributed by atoms with van der Waals surface area (Å²) < 4.78 is 5.68. The first-order valence-electron chi connectivity index (χ1n) is 10.3. The smallest absolute Gasteiger partial charge is 0.230 e. The molecule has 2 saturated carbocycles. The van der Waals surface area contributed by atoms with Gasteiger partial charge < -0.3 is 20.3 Å². The van der Waals surface area contributed by atoms with Gasteiger partial charge in [0.1, 0.15) is 0 Å². The summed E-state index contributed by atoms with van der Waals surface area (Å²) >= 11 is 0. The minimum absolute atomic E-state index is 0. The zero-order chi connectivity index (χ0) is 20.0. The van der Waals surface area contributed by atoms with Crippen LogP contribution in [0, 0.1) is 11.3 Å². The van der Waals surface area contributed by atoms with E-state index in [1.165, 1.54) is 12.8 Å². The third-order valence-corrected chi connectivity index (χ3v) is 5.66. The molecule has 0 aromatic carbocycles. The molecule has 1 aromatic heterocycles. The first-order valence-corrected chi connectivity index (χ1v) is 10.3. The maximum absolute atomic E-state index is 12.7. The van der Waals surface area contributed by atoms with Gasteiger partial charge in [-0.2, -0.15) is 0 Å². The average Bonchev–Trinajstić information content (AvgIpc) is 3.42. The number of nitrogens with zero attached hydrogens (tertiary/aromatic N) is 3. The quantitative estimate of drug-likeness (QED) is 0.316. The first kappa shape index (κ1) is 23.7. The van der Waals surface area contributed by atoms with Gasteiger partial charge in [0.25, 0.3) is 0 Å². The third-order valence-electron chi connectivity index (χ3n) is 5.66. The van der Waals surface area contributed by atoms with Gasteiger partial charge in [0.05, 0.1) is 12.0 Å². The zero-order valence-electron chi connectivity index (χ0n) is 17.7. The molecule has 2 aliphatic carbocycles. The van der Waals surface area contributed by atoms with Crippen LogP contribution in [-0.2, 0) is 11.3 Å². The minimum Gasteiger partial charge on any atom is -0.477 e. The summed E-state index contributed by atoms with van der Waals surface area (Å²) in [5.74, 6) is 2.31. The highest BCUT2D eigenvalue weighted by atomic mass is 127. The van der Waals surface area contributed by atoms with E-state index >= 15 is 0 Å². The lowest BCUT2D eigenvalue weighted by Crippen LogP contribution is -2.49. The number of halogens is 1. The van der Waals surface area contributed by atoms with Crippen molar-refractivity contribution < 1.29 is 9.53 Å². The van der Waals surface area contributed by atoms with Crippen LogP contribution in [0.4, 0.5) is 0 Å². The van der Waals surface area contributed by atoms with E-state index in [1.807, 2.05) is 32.4 Å². The largest absolute Gasteiger partial charge is 0.477 e. The van der Waals surface area contributed by atoms with Crippen LogP contribution >= 0.6 is 24.0 Å². The van der Waals surface area contributed by atoms with Crippen LogP contribution in [0.15, 0.2) is 23.3 Å². The molecule has 1 amide bonds. The SMILES string of the molecule is CN=C(NCc1ccc(OCC2CC2)nc1)NCC1(C(=O)N(C)C)CCCC1.I. The van der Waals surface area contributed by atoms with Crippen molar-refractivity contribution in [1.29, 1.82) is 0 Å². The van der Waals surface area contributed by atoms with Crippen LogP contribution in [0.1, 0.15) is 44.1 Å². The Kier molecular flexibility index (Phi) is 8.98. The van der Waals surface area contributed by atoms with Gasteiger partial charge in [-0.05, 0) is 37.2 Å². The fraction of sp³-hybridized carbons (Fsp3) is 0.667. The predicted molar refractivity (Wildman–Crippen MR) is 126 cm³/mol. The number of hydrogen-bond acceptors (Lipinski definition) is 4. The van der Waals surface area contributed by atoms with E-state index < -0.39 is 0 Å². The molecule has 0 aliphatic heterocycles. The summed E-state index contributed by atoms with van der Waals surface area (Å²) in [5.41, 5.74) is 0.741. The van der Waals surface area contributed by atoms with Gasteiger partial charge in [0.2, 0.25) is 11.8 Å². The van der Waals surface area contributed by atoms with Crippen LogP contribution in [0.5, 0.6) is 5.88 Å². The molecule has 0 atom stereocenters. The number of aliphatic imine (C=N–C) groups is 1. The van der Waals surface area contributed by atoms with E-state index in [1.54, 1.807) is 11.9 Å². The molecule has 0 unspecified atom stereocenters. The highest BCUT2D eigenvalue weighted by Crippen LogP contribution is 2.38. The van der Waals surface area contributed by atoms with Gasteiger partial charge in [0, 0.05) is 46.5 Å². The summed E-state index contributed by atoms with van der Waals surface area (Å²) in [6, 6.07) is 3.93. The molecular formula is C21H34IN5O2. The topological polar surface area (TPSA) is 78.9 Å². The van der Waals surface area contributed by atoms with Gasteiger partial charge >= 0.3 is 0 Å². The van der Waals surface area contributed by atoms with Gasteiger partial charge in [-0.25, -0.2) is 4.98 Å². The second-order valence-corrected chi connectivity index (χ2v) is 8.23. The normalized spacial score (nSPS) is 18.0. The molecule has 3 rings (SSSR count). The third kappa shape index (κ3) is 6.72. The van der Waals surface area contributed by atoms with Crippen LogP contribution in [0.25, 0.3) is 0 Å². The molecular weight excluding hydrogens is 481 g/mol. The summed E-state index contributed by atoms with van der Waals surface area (Å²) in [6.45, 7) is 1.99. The van der Waals surface area contributed by atoms with Crippen molar-refractivity contribution in [2.45, 2.75) is 45.1 Å². The predicted octanol–water partition coefficient (Wildman–Crippen LogP) is 2.80. The standard InChI is InChI=1S/C21H33N5O2.HI/c1-22-20(25-15-21(10-4-5-11-21)19(27)26(2)3)24-13-17-8-9-18(23-12-17)28-14-16-6-7-16;/h8-9,12,16H,4-7,10-11,13-15H2,1-3H3,(H2,22,24,25);1H.